The first-order valence-electron chi connectivity index (χ1n) is 11.7. The lowest BCUT2D eigenvalue weighted by atomic mass is 10.0. The van der Waals surface area contributed by atoms with Crippen molar-refractivity contribution in [3.05, 3.63) is 67.8 Å². The van der Waals surface area contributed by atoms with Gasteiger partial charge in [-0.15, -0.1) is 0 Å². The Balaban J connectivity index is 1.68. The molecule has 0 bridgehead atoms. The molecule has 194 valence electrons. The van der Waals surface area contributed by atoms with Gasteiger partial charge in [-0.05, 0) is 49.2 Å². The van der Waals surface area contributed by atoms with Crippen LogP contribution in [-0.2, 0) is 27.4 Å². The number of carbonyl (C=O) groups is 2. The highest BCUT2D eigenvalue weighted by Gasteiger charge is 2.16. The van der Waals surface area contributed by atoms with E-state index in [9.17, 15) is 19.2 Å². The predicted octanol–water partition coefficient (Wildman–Crippen LogP) is 3.35. The first-order valence-corrected chi connectivity index (χ1v) is 12.1. The molecule has 1 heterocycles. The molecule has 2 aromatic carbocycles. The average Bonchev–Trinajstić information content (AvgIpc) is 2.84. The summed E-state index contributed by atoms with van der Waals surface area (Å²) in [5.41, 5.74) is 0.805. The molecule has 1 atom stereocenters. The molecule has 1 unspecified atom stereocenters. The van der Waals surface area contributed by atoms with E-state index in [4.69, 9.17) is 21.6 Å². The van der Waals surface area contributed by atoms with Crippen LogP contribution in [0.3, 0.4) is 0 Å². The highest BCUT2D eigenvalue weighted by molar-refractivity contribution is 6.32. The molecule has 0 fully saturated rings. The second-order valence-electron chi connectivity index (χ2n) is 8.62. The number of fused-ring (bicyclic) bond motifs is 1. The molecule has 1 aromatic heterocycles. The van der Waals surface area contributed by atoms with Gasteiger partial charge in [-0.1, -0.05) is 18.5 Å². The van der Waals surface area contributed by atoms with E-state index in [1.165, 1.54) is 23.8 Å². The topological polar surface area (TPSA) is 135 Å². The number of nitriles is 1. The fourth-order valence-corrected chi connectivity index (χ4v) is 4.21. The van der Waals surface area contributed by atoms with Crippen LogP contribution in [0.2, 0.25) is 5.02 Å². The minimum Gasteiger partial charge on any atom is -0.383 e. The van der Waals surface area contributed by atoms with Crippen molar-refractivity contribution in [3.63, 3.8) is 0 Å². The zero-order valence-electron chi connectivity index (χ0n) is 20.8. The molecule has 0 saturated carbocycles. The molecule has 0 aliphatic rings. The van der Waals surface area contributed by atoms with Crippen LogP contribution in [-0.4, -0.2) is 34.7 Å². The molecular weight excluding hydrogens is 498 g/mol. The third kappa shape index (κ3) is 6.64. The van der Waals surface area contributed by atoms with Gasteiger partial charge in [0.05, 0.1) is 34.6 Å². The number of methoxy groups -OCH3 is 1. The molecular formula is C26H28ClN5O5. The standard InChI is InChI=1S/C26H28ClN5O5/c1-4-31-25(35)20-13-18(7-8-22(20)32(26(31)36)9-10-37-3)29-23(33)11-16(2)12-24(34)30-19-6-5-17(15-28)21(27)14-19/h5-8,13-14,16H,4,9-12H2,1-3H3,(H,29,33)(H,30,34). The van der Waals surface area contributed by atoms with E-state index < -0.39 is 11.2 Å². The largest absolute Gasteiger partial charge is 0.383 e. The van der Waals surface area contributed by atoms with E-state index in [1.807, 2.05) is 6.07 Å². The molecule has 0 radical (unpaired) electrons. The zero-order chi connectivity index (χ0) is 27.1. The van der Waals surface area contributed by atoms with Crippen molar-refractivity contribution in [2.75, 3.05) is 24.4 Å². The van der Waals surface area contributed by atoms with Gasteiger partial charge < -0.3 is 15.4 Å². The number of amides is 2. The summed E-state index contributed by atoms with van der Waals surface area (Å²) in [5.74, 6) is -0.878. The van der Waals surface area contributed by atoms with Gasteiger partial charge in [-0.25, -0.2) is 4.79 Å². The summed E-state index contributed by atoms with van der Waals surface area (Å²) >= 11 is 6.00. The molecule has 2 amide bonds. The molecule has 3 aromatic rings. The van der Waals surface area contributed by atoms with Gasteiger partial charge in [0.2, 0.25) is 11.8 Å². The van der Waals surface area contributed by atoms with Crippen molar-refractivity contribution in [1.29, 1.82) is 5.26 Å². The second-order valence-corrected chi connectivity index (χ2v) is 9.03. The van der Waals surface area contributed by atoms with Gasteiger partial charge in [0.15, 0.2) is 0 Å². The number of carbonyl (C=O) groups excluding carboxylic acids is 2. The summed E-state index contributed by atoms with van der Waals surface area (Å²) < 4.78 is 7.72. The number of halogens is 1. The van der Waals surface area contributed by atoms with Gasteiger partial charge in [0, 0.05) is 37.9 Å². The first kappa shape index (κ1) is 27.6. The minimum absolute atomic E-state index is 0.0755. The number of anilines is 2. The number of nitrogens with one attached hydrogen (secondary N) is 2. The average molecular weight is 526 g/mol. The number of ether oxygens (including phenoxy) is 1. The molecule has 0 aliphatic carbocycles. The van der Waals surface area contributed by atoms with Gasteiger partial charge in [-0.2, -0.15) is 5.26 Å². The number of nitrogens with zero attached hydrogens (tertiary/aromatic N) is 3. The molecule has 2 N–H and O–H groups in total. The Hall–Kier alpha value is -3.94. The molecule has 0 spiro atoms. The van der Waals surface area contributed by atoms with Crippen molar-refractivity contribution in [3.8, 4) is 6.07 Å². The van der Waals surface area contributed by atoms with Crippen LogP contribution < -0.4 is 21.9 Å². The number of benzene rings is 2. The fraction of sp³-hybridized carbons (Fsp3) is 0.346. The summed E-state index contributed by atoms with van der Waals surface area (Å²) in [4.78, 5) is 50.6. The van der Waals surface area contributed by atoms with Crippen LogP contribution in [0.1, 0.15) is 32.3 Å². The molecule has 37 heavy (non-hydrogen) atoms. The Kier molecular flexibility index (Phi) is 9.22. The monoisotopic (exact) mass is 525 g/mol. The van der Waals surface area contributed by atoms with E-state index in [1.54, 1.807) is 38.1 Å². The van der Waals surface area contributed by atoms with E-state index in [0.29, 0.717) is 34.4 Å². The maximum atomic E-state index is 12.9. The number of aromatic nitrogens is 2. The highest BCUT2D eigenvalue weighted by atomic mass is 35.5. The van der Waals surface area contributed by atoms with Crippen LogP contribution in [0.5, 0.6) is 0 Å². The Morgan fingerprint density at radius 1 is 1.05 bits per heavy atom. The molecule has 3 rings (SSSR count). The van der Waals surface area contributed by atoms with Crippen molar-refractivity contribution < 1.29 is 14.3 Å². The predicted molar refractivity (Wildman–Crippen MR) is 142 cm³/mol. The van der Waals surface area contributed by atoms with E-state index in [2.05, 4.69) is 10.6 Å². The Morgan fingerprint density at radius 3 is 2.24 bits per heavy atom. The van der Waals surface area contributed by atoms with E-state index in [-0.39, 0.29) is 48.7 Å². The highest BCUT2D eigenvalue weighted by Crippen LogP contribution is 2.21. The van der Waals surface area contributed by atoms with Gasteiger partial charge in [-0.3, -0.25) is 23.5 Å². The van der Waals surface area contributed by atoms with E-state index in [0.717, 1.165) is 4.57 Å². The molecule has 0 saturated heterocycles. The first-order chi connectivity index (χ1) is 17.7. The normalized spacial score (nSPS) is 11.6. The van der Waals surface area contributed by atoms with E-state index >= 15 is 0 Å². The quantitative estimate of drug-likeness (QED) is 0.416. The fourth-order valence-electron chi connectivity index (χ4n) is 3.99. The van der Waals surface area contributed by atoms with Crippen LogP contribution in [0.4, 0.5) is 11.4 Å². The Bertz CT molecular complexity index is 1490. The summed E-state index contributed by atoms with van der Waals surface area (Å²) in [6, 6.07) is 11.4. The number of rotatable bonds is 10. The lowest BCUT2D eigenvalue weighted by Gasteiger charge is -2.15. The summed E-state index contributed by atoms with van der Waals surface area (Å²) in [5, 5.41) is 15.0. The van der Waals surface area contributed by atoms with Crippen LogP contribution in [0, 0.1) is 17.2 Å². The summed E-state index contributed by atoms with van der Waals surface area (Å²) in [6.07, 6.45) is 0.169. The maximum Gasteiger partial charge on any atom is 0.331 e. The third-order valence-corrected chi connectivity index (χ3v) is 6.10. The third-order valence-electron chi connectivity index (χ3n) is 5.78. The van der Waals surface area contributed by atoms with Crippen LogP contribution in [0.25, 0.3) is 10.9 Å². The summed E-state index contributed by atoms with van der Waals surface area (Å²) in [6.45, 7) is 4.30. The SMILES string of the molecule is CCn1c(=O)c2cc(NC(=O)CC(C)CC(=O)Nc3ccc(C#N)c(Cl)c3)ccc2n(CCOC)c1=O. The molecule has 11 heteroatoms. The van der Waals surface area contributed by atoms with Gasteiger partial charge >= 0.3 is 5.69 Å². The van der Waals surface area contributed by atoms with Crippen LogP contribution >= 0.6 is 11.6 Å². The van der Waals surface area contributed by atoms with Crippen molar-refractivity contribution in [1.82, 2.24) is 9.13 Å². The van der Waals surface area contributed by atoms with Crippen LogP contribution in [0.15, 0.2) is 46.0 Å². The number of hydrogen-bond donors (Lipinski definition) is 2. The van der Waals surface area contributed by atoms with Crippen molar-refractivity contribution in [2.45, 2.75) is 39.8 Å². The lowest BCUT2D eigenvalue weighted by Crippen LogP contribution is -2.40. The molecule has 10 nitrogen and oxygen atoms in total. The minimum atomic E-state index is -0.430. The smallest absolute Gasteiger partial charge is 0.331 e. The zero-order valence-corrected chi connectivity index (χ0v) is 21.6. The Morgan fingerprint density at radius 2 is 1.68 bits per heavy atom. The summed E-state index contributed by atoms with van der Waals surface area (Å²) in [7, 11) is 1.53. The van der Waals surface area contributed by atoms with Crippen molar-refractivity contribution in [2.24, 2.45) is 5.92 Å². The second kappa shape index (κ2) is 12.3. The maximum absolute atomic E-state index is 12.9. The van der Waals surface area contributed by atoms with Gasteiger partial charge in [0.1, 0.15) is 6.07 Å². The Labute approximate surface area is 218 Å². The lowest BCUT2D eigenvalue weighted by molar-refractivity contribution is -0.118. The molecule has 0 aliphatic heterocycles. The number of hydrogen-bond acceptors (Lipinski definition) is 6. The van der Waals surface area contributed by atoms with Crippen molar-refractivity contribution >= 4 is 45.7 Å². The van der Waals surface area contributed by atoms with Gasteiger partial charge in [0.25, 0.3) is 5.56 Å².